The third kappa shape index (κ3) is 7.53. The zero-order valence-electron chi connectivity index (χ0n) is 22.7. The van der Waals surface area contributed by atoms with Crippen molar-refractivity contribution in [2.75, 3.05) is 26.4 Å². The van der Waals surface area contributed by atoms with E-state index in [1.807, 2.05) is 0 Å². The van der Waals surface area contributed by atoms with Gasteiger partial charge in [-0.2, -0.15) is 0 Å². The molecule has 2 heterocycles. The minimum atomic E-state index is -2.06. The fourth-order valence-corrected chi connectivity index (χ4v) is 4.52. The van der Waals surface area contributed by atoms with E-state index < -0.39 is 80.2 Å². The van der Waals surface area contributed by atoms with E-state index in [-0.39, 0.29) is 30.3 Å². The van der Waals surface area contributed by atoms with Crippen LogP contribution in [0.15, 0.2) is 42.5 Å². The van der Waals surface area contributed by atoms with Gasteiger partial charge in [-0.15, -0.1) is 0 Å². The molecule has 2 aromatic carbocycles. The predicted octanol–water partition coefficient (Wildman–Crippen LogP) is -1.40. The third-order valence-electron chi connectivity index (χ3n) is 7.05. The van der Waals surface area contributed by atoms with E-state index in [1.54, 1.807) is 0 Å². The molecule has 2 aliphatic heterocycles. The van der Waals surface area contributed by atoms with Crippen molar-refractivity contribution in [2.24, 2.45) is 0 Å². The van der Waals surface area contributed by atoms with Gasteiger partial charge in [-0.3, -0.25) is 0 Å². The first-order valence-electron chi connectivity index (χ1n) is 13.2. The summed E-state index contributed by atoms with van der Waals surface area (Å²) in [5.74, 6) is -2.44. The maximum Gasteiger partial charge on any atom is 0.331 e. The van der Waals surface area contributed by atoms with Gasteiger partial charge in [0.05, 0.1) is 26.4 Å². The van der Waals surface area contributed by atoms with Gasteiger partial charge in [-0.05, 0) is 47.9 Å². The maximum atomic E-state index is 12.8. The monoisotopic (exact) mass is 610 g/mol. The molecule has 8 atom stereocenters. The van der Waals surface area contributed by atoms with E-state index in [1.165, 1.54) is 42.5 Å². The molecule has 2 fully saturated rings. The van der Waals surface area contributed by atoms with Crippen molar-refractivity contribution in [1.29, 1.82) is 0 Å². The van der Waals surface area contributed by atoms with Gasteiger partial charge < -0.3 is 69.6 Å². The molecule has 2 saturated heterocycles. The quantitative estimate of drug-likeness (QED) is 0.0806. The molecule has 0 aliphatic carbocycles. The highest BCUT2D eigenvalue weighted by atomic mass is 16.8. The first-order valence-corrected chi connectivity index (χ1v) is 13.2. The molecular weight excluding hydrogens is 576 g/mol. The van der Waals surface area contributed by atoms with Gasteiger partial charge in [-0.1, -0.05) is 12.1 Å². The molecule has 236 valence electrons. The van der Waals surface area contributed by atoms with E-state index in [4.69, 9.17) is 23.7 Å². The van der Waals surface area contributed by atoms with Crippen LogP contribution < -0.4 is 0 Å². The Morgan fingerprint density at radius 2 is 1.65 bits per heavy atom. The van der Waals surface area contributed by atoms with Gasteiger partial charge in [0, 0.05) is 6.08 Å². The molecule has 2 aliphatic rings. The van der Waals surface area contributed by atoms with Crippen molar-refractivity contribution in [1.82, 2.24) is 0 Å². The summed E-state index contributed by atoms with van der Waals surface area (Å²) < 4.78 is 28.1. The van der Waals surface area contributed by atoms with Gasteiger partial charge in [0.2, 0.25) is 0 Å². The lowest BCUT2D eigenvalue weighted by Crippen LogP contribution is -2.62. The highest BCUT2D eigenvalue weighted by Crippen LogP contribution is 2.33. The largest absolute Gasteiger partial charge is 0.504 e. The molecule has 15 nitrogen and oxygen atoms in total. The summed E-state index contributed by atoms with van der Waals surface area (Å²) in [6.07, 6.45) is -8.45. The lowest BCUT2D eigenvalue weighted by molar-refractivity contribution is -0.336. The third-order valence-corrected chi connectivity index (χ3v) is 7.05. The number of aliphatic hydroxyl groups excluding tert-OH is 4. The number of carbonyl (C=O) groups excluding carboxylic acids is 1. The van der Waals surface area contributed by atoms with E-state index in [2.05, 4.69) is 0 Å². The van der Waals surface area contributed by atoms with Gasteiger partial charge in [-0.25, -0.2) is 4.79 Å². The average molecular weight is 611 g/mol. The van der Waals surface area contributed by atoms with Crippen LogP contribution in [0.1, 0.15) is 11.1 Å². The van der Waals surface area contributed by atoms with Crippen molar-refractivity contribution >= 4 is 12.0 Å². The van der Waals surface area contributed by atoms with Crippen LogP contribution in [0.25, 0.3) is 6.08 Å². The van der Waals surface area contributed by atoms with E-state index in [0.29, 0.717) is 11.1 Å². The highest BCUT2D eigenvalue weighted by molar-refractivity contribution is 5.87. The van der Waals surface area contributed by atoms with Gasteiger partial charge >= 0.3 is 5.97 Å². The number of carbonyl (C=O) groups is 1. The highest BCUT2D eigenvalue weighted by Gasteiger charge is 2.54. The van der Waals surface area contributed by atoms with Crippen molar-refractivity contribution in [3.8, 4) is 23.0 Å². The Labute approximate surface area is 245 Å². The number of rotatable bonds is 11. The van der Waals surface area contributed by atoms with Crippen LogP contribution in [0.4, 0.5) is 0 Å². The number of phenols is 4. The van der Waals surface area contributed by atoms with Crippen LogP contribution in [-0.2, 0) is 34.9 Å². The summed E-state index contributed by atoms with van der Waals surface area (Å²) in [4.78, 5) is 12.8. The van der Waals surface area contributed by atoms with E-state index in [9.17, 15) is 50.8 Å². The molecule has 0 amide bonds. The van der Waals surface area contributed by atoms with Crippen molar-refractivity contribution in [3.05, 3.63) is 53.6 Å². The molecule has 43 heavy (non-hydrogen) atoms. The zero-order chi connectivity index (χ0) is 31.3. The summed E-state index contributed by atoms with van der Waals surface area (Å²) in [5, 5.41) is 89.6. The predicted molar refractivity (Wildman–Crippen MR) is 143 cm³/mol. The number of ether oxygens (including phenoxy) is 5. The van der Waals surface area contributed by atoms with Crippen molar-refractivity contribution in [2.45, 2.75) is 55.1 Å². The van der Waals surface area contributed by atoms with E-state index in [0.717, 1.165) is 6.08 Å². The number of hydrogen-bond acceptors (Lipinski definition) is 15. The Bertz CT molecular complexity index is 1280. The zero-order valence-corrected chi connectivity index (χ0v) is 22.7. The molecule has 0 bridgehead atoms. The second-order valence-corrected chi connectivity index (χ2v) is 10.1. The molecule has 0 radical (unpaired) electrons. The molecule has 0 saturated carbocycles. The Balaban J connectivity index is 1.55. The fourth-order valence-electron chi connectivity index (χ4n) is 4.52. The maximum absolute atomic E-state index is 12.8. The summed E-state index contributed by atoms with van der Waals surface area (Å²) in [6.45, 7) is -2.18. The molecule has 0 spiro atoms. The fraction of sp³-hybridized carbons (Fsp3) is 0.464. The minimum absolute atomic E-state index is 0.0947. The second kappa shape index (κ2) is 13.9. The number of aliphatic hydroxyl groups is 5. The van der Waals surface area contributed by atoms with Gasteiger partial charge in [0.15, 0.2) is 47.8 Å². The minimum Gasteiger partial charge on any atom is -0.504 e. The lowest BCUT2D eigenvalue weighted by atomic mass is 9.97. The summed E-state index contributed by atoms with van der Waals surface area (Å²) in [6, 6.07) is 7.95. The van der Waals surface area contributed by atoms with Crippen molar-refractivity contribution in [3.63, 3.8) is 0 Å². The topological polar surface area (TPSA) is 245 Å². The first kappa shape index (κ1) is 32.4. The van der Waals surface area contributed by atoms with E-state index >= 15 is 0 Å². The molecule has 0 unspecified atom stereocenters. The summed E-state index contributed by atoms with van der Waals surface area (Å²) in [7, 11) is 0. The number of hydrogen-bond donors (Lipinski definition) is 9. The molecule has 2 aromatic rings. The van der Waals surface area contributed by atoms with Crippen LogP contribution in [0.5, 0.6) is 23.0 Å². The number of aromatic hydroxyl groups is 4. The second-order valence-electron chi connectivity index (χ2n) is 10.1. The van der Waals surface area contributed by atoms with Crippen LogP contribution in [-0.4, -0.2) is 127 Å². The standard InChI is InChI=1S/C28H34O15/c29-11-20-22(36)23(42-21(35)6-3-14-1-4-16(31)18(33)9-14)24(43-27-25(37)28(38,12-30)13-40-27)26(41-20)39-8-7-15-2-5-17(32)19(34)10-15/h1-6,9-10,20,22-27,29-34,36-38H,7-8,11-13H2/b6-3+/t20-,22-,23+,24-,25-,26-,27-,28+/m0/s1. The average Bonchev–Trinajstić information content (AvgIpc) is 3.27. The number of phenolic OH excluding ortho intramolecular Hbond substituents is 4. The van der Waals surface area contributed by atoms with Crippen LogP contribution in [0.3, 0.4) is 0 Å². The van der Waals surface area contributed by atoms with Crippen LogP contribution >= 0.6 is 0 Å². The normalized spacial score (nSPS) is 31.0. The van der Waals surface area contributed by atoms with Gasteiger partial charge in [0.1, 0.15) is 23.9 Å². The van der Waals surface area contributed by atoms with Crippen LogP contribution in [0.2, 0.25) is 0 Å². The number of benzene rings is 2. The smallest absolute Gasteiger partial charge is 0.331 e. The Hall–Kier alpha value is -3.51. The Kier molecular flexibility index (Phi) is 10.4. The number of esters is 1. The SMILES string of the molecule is O=C(/C=C/c1ccc(O)c(O)c1)O[C@@H]1[C@@H](O)[C@H](CO)O[C@H](OCCc2ccc(O)c(O)c2)[C@H]1O[C@@H]1OC[C@](O)(CO)[C@H]1O. The Morgan fingerprint density at radius 1 is 0.953 bits per heavy atom. The molecule has 4 rings (SSSR count). The summed E-state index contributed by atoms with van der Waals surface area (Å²) >= 11 is 0. The molecule has 9 N–H and O–H groups in total. The molecule has 15 heteroatoms. The van der Waals surface area contributed by atoms with Crippen molar-refractivity contribution < 1.29 is 74.4 Å². The Morgan fingerprint density at radius 3 is 2.28 bits per heavy atom. The van der Waals surface area contributed by atoms with Gasteiger partial charge in [0.25, 0.3) is 0 Å². The molecule has 0 aromatic heterocycles. The first-order chi connectivity index (χ1) is 20.4. The summed E-state index contributed by atoms with van der Waals surface area (Å²) in [5.41, 5.74) is -1.17. The lowest BCUT2D eigenvalue weighted by Gasteiger charge is -2.44. The molecular formula is C28H34O15. The van der Waals surface area contributed by atoms with Crippen LogP contribution in [0, 0.1) is 0 Å².